The van der Waals surface area contributed by atoms with Crippen molar-refractivity contribution in [3.63, 3.8) is 0 Å². The number of ether oxygens (including phenoxy) is 1. The van der Waals surface area contributed by atoms with Crippen molar-refractivity contribution >= 4 is 17.3 Å². The molecule has 0 spiro atoms. The van der Waals surface area contributed by atoms with Crippen molar-refractivity contribution in [1.29, 1.82) is 0 Å². The number of carbonyl (C=O) groups is 1. The van der Waals surface area contributed by atoms with Crippen LogP contribution in [0.5, 0.6) is 0 Å². The molecular weight excluding hydrogens is 256 g/mol. The largest absolute Gasteiger partial charge is 0.462 e. The molecule has 0 fully saturated rings. The van der Waals surface area contributed by atoms with E-state index in [4.69, 9.17) is 10.5 Å². The smallest absolute Gasteiger partial charge is 0.340 e. The van der Waals surface area contributed by atoms with Gasteiger partial charge in [0.2, 0.25) is 0 Å². The maximum absolute atomic E-state index is 11.7. The van der Waals surface area contributed by atoms with Gasteiger partial charge in [0.1, 0.15) is 6.33 Å². The first-order valence-corrected chi connectivity index (χ1v) is 6.26. The number of carbonyl (C=O) groups excluding carboxylic acids is 1. The van der Waals surface area contributed by atoms with Crippen LogP contribution in [0.2, 0.25) is 0 Å². The Bertz CT molecular complexity index is 587. The molecule has 0 saturated heterocycles. The van der Waals surface area contributed by atoms with Crippen LogP contribution in [0.15, 0.2) is 36.8 Å². The van der Waals surface area contributed by atoms with Crippen molar-refractivity contribution in [3.8, 4) is 0 Å². The fraction of sp³-hybridized carbons (Fsp3) is 0.214. The van der Waals surface area contributed by atoms with Crippen LogP contribution in [0.1, 0.15) is 23.0 Å². The molecule has 2 aromatic rings. The Morgan fingerprint density at radius 2 is 2.25 bits per heavy atom. The molecule has 6 heteroatoms. The number of nitrogens with two attached hydrogens (primary N) is 1. The van der Waals surface area contributed by atoms with E-state index < -0.39 is 5.97 Å². The van der Waals surface area contributed by atoms with Crippen molar-refractivity contribution in [1.82, 2.24) is 9.97 Å². The van der Waals surface area contributed by atoms with Gasteiger partial charge in [0.15, 0.2) is 0 Å². The van der Waals surface area contributed by atoms with Gasteiger partial charge in [-0.1, -0.05) is 6.07 Å². The highest BCUT2D eigenvalue weighted by molar-refractivity contribution is 5.98. The van der Waals surface area contributed by atoms with Crippen LogP contribution < -0.4 is 11.1 Å². The molecule has 0 saturated carbocycles. The SMILES string of the molecule is CCOC(=O)c1cccc(NCc2ccncn2)c1N. The van der Waals surface area contributed by atoms with E-state index in [1.165, 1.54) is 6.33 Å². The molecule has 0 atom stereocenters. The molecule has 0 unspecified atom stereocenters. The standard InChI is InChI=1S/C14H16N4O2/c1-2-20-14(19)11-4-3-5-12(13(11)15)17-8-10-6-7-16-9-18-10/h3-7,9,17H,2,8,15H2,1H3. The highest BCUT2D eigenvalue weighted by Gasteiger charge is 2.13. The molecule has 0 amide bonds. The molecule has 1 aromatic carbocycles. The third kappa shape index (κ3) is 3.23. The summed E-state index contributed by atoms with van der Waals surface area (Å²) in [6.07, 6.45) is 3.15. The van der Waals surface area contributed by atoms with E-state index in [2.05, 4.69) is 15.3 Å². The van der Waals surface area contributed by atoms with Crippen LogP contribution in [-0.2, 0) is 11.3 Å². The summed E-state index contributed by atoms with van der Waals surface area (Å²) in [6, 6.07) is 7.01. The first kappa shape index (κ1) is 13.8. The topological polar surface area (TPSA) is 90.1 Å². The number of nitrogens with one attached hydrogen (secondary N) is 1. The van der Waals surface area contributed by atoms with Gasteiger partial charge < -0.3 is 15.8 Å². The minimum absolute atomic E-state index is 0.316. The van der Waals surface area contributed by atoms with Crippen LogP contribution in [-0.4, -0.2) is 22.5 Å². The summed E-state index contributed by atoms with van der Waals surface area (Å²) in [6.45, 7) is 2.57. The number of hydrogen-bond donors (Lipinski definition) is 2. The zero-order valence-electron chi connectivity index (χ0n) is 11.2. The van der Waals surface area contributed by atoms with Crippen LogP contribution in [0.3, 0.4) is 0 Å². The average Bonchev–Trinajstić information content (AvgIpc) is 2.47. The Morgan fingerprint density at radius 3 is 2.95 bits per heavy atom. The number of hydrogen-bond acceptors (Lipinski definition) is 6. The molecule has 20 heavy (non-hydrogen) atoms. The predicted molar refractivity (Wildman–Crippen MR) is 76.2 cm³/mol. The van der Waals surface area contributed by atoms with Crippen LogP contribution in [0.25, 0.3) is 0 Å². The highest BCUT2D eigenvalue weighted by atomic mass is 16.5. The molecule has 0 aliphatic heterocycles. The van der Waals surface area contributed by atoms with E-state index in [1.54, 1.807) is 37.4 Å². The molecule has 6 nitrogen and oxygen atoms in total. The lowest BCUT2D eigenvalue weighted by atomic mass is 10.1. The number of nitrogens with zero attached hydrogens (tertiary/aromatic N) is 2. The van der Waals surface area contributed by atoms with Crippen LogP contribution in [0.4, 0.5) is 11.4 Å². The Kier molecular flexibility index (Phi) is 4.49. The Balaban J connectivity index is 2.12. The van der Waals surface area contributed by atoms with Gasteiger partial charge in [0.25, 0.3) is 0 Å². The summed E-state index contributed by atoms with van der Waals surface area (Å²) >= 11 is 0. The third-order valence-corrected chi connectivity index (χ3v) is 2.70. The molecule has 0 aliphatic carbocycles. The number of anilines is 2. The maximum atomic E-state index is 11.7. The fourth-order valence-electron chi connectivity index (χ4n) is 1.71. The maximum Gasteiger partial charge on any atom is 0.340 e. The Hall–Kier alpha value is -2.63. The molecule has 1 aromatic heterocycles. The Labute approximate surface area is 117 Å². The first-order chi connectivity index (χ1) is 9.72. The molecule has 3 N–H and O–H groups in total. The fourth-order valence-corrected chi connectivity index (χ4v) is 1.71. The predicted octanol–water partition coefficient (Wildman–Crippen LogP) is 1.85. The Morgan fingerprint density at radius 1 is 1.40 bits per heavy atom. The van der Waals surface area contributed by atoms with E-state index in [1.807, 2.05) is 0 Å². The molecule has 0 radical (unpaired) electrons. The van der Waals surface area contributed by atoms with Gasteiger partial charge in [-0.15, -0.1) is 0 Å². The van der Waals surface area contributed by atoms with Crippen LogP contribution >= 0.6 is 0 Å². The lowest BCUT2D eigenvalue weighted by molar-refractivity contribution is 0.0527. The summed E-state index contributed by atoms with van der Waals surface area (Å²) in [5.41, 5.74) is 8.23. The van der Waals surface area contributed by atoms with Crippen molar-refractivity contribution in [2.24, 2.45) is 0 Å². The second-order valence-electron chi connectivity index (χ2n) is 4.04. The van der Waals surface area contributed by atoms with Gasteiger partial charge in [-0.25, -0.2) is 14.8 Å². The highest BCUT2D eigenvalue weighted by Crippen LogP contribution is 2.23. The van der Waals surface area contributed by atoms with Crippen molar-refractivity contribution in [3.05, 3.63) is 48.0 Å². The van der Waals surface area contributed by atoms with Crippen LogP contribution in [0, 0.1) is 0 Å². The number of rotatable bonds is 5. The summed E-state index contributed by atoms with van der Waals surface area (Å²) in [4.78, 5) is 19.7. The zero-order chi connectivity index (χ0) is 14.4. The van der Waals surface area contributed by atoms with E-state index in [9.17, 15) is 4.79 Å². The number of esters is 1. The van der Waals surface area contributed by atoms with Crippen molar-refractivity contribution in [2.75, 3.05) is 17.7 Å². The van der Waals surface area contributed by atoms with Crippen molar-refractivity contribution in [2.45, 2.75) is 13.5 Å². The van der Waals surface area contributed by atoms with Gasteiger partial charge in [0.05, 0.1) is 35.8 Å². The van der Waals surface area contributed by atoms with Crippen molar-refractivity contribution < 1.29 is 9.53 Å². The molecule has 0 bridgehead atoms. The second kappa shape index (κ2) is 6.51. The second-order valence-corrected chi connectivity index (χ2v) is 4.04. The monoisotopic (exact) mass is 272 g/mol. The van der Waals surface area contributed by atoms with E-state index in [0.29, 0.717) is 30.1 Å². The van der Waals surface area contributed by atoms with E-state index >= 15 is 0 Å². The molecular formula is C14H16N4O2. The summed E-state index contributed by atoms with van der Waals surface area (Å²) < 4.78 is 4.96. The van der Waals surface area contributed by atoms with Gasteiger partial charge in [-0.2, -0.15) is 0 Å². The molecule has 1 heterocycles. The normalized spacial score (nSPS) is 10.1. The average molecular weight is 272 g/mol. The van der Waals surface area contributed by atoms with Gasteiger partial charge in [-0.3, -0.25) is 0 Å². The van der Waals surface area contributed by atoms with Gasteiger partial charge in [0, 0.05) is 6.20 Å². The number of nitrogen functional groups attached to an aromatic ring is 1. The van der Waals surface area contributed by atoms with E-state index in [-0.39, 0.29) is 0 Å². The summed E-state index contributed by atoms with van der Waals surface area (Å²) in [5.74, 6) is -0.421. The lowest BCUT2D eigenvalue weighted by Crippen LogP contribution is -2.11. The minimum Gasteiger partial charge on any atom is -0.462 e. The lowest BCUT2D eigenvalue weighted by Gasteiger charge is -2.12. The number of aromatic nitrogens is 2. The molecule has 104 valence electrons. The third-order valence-electron chi connectivity index (χ3n) is 2.70. The summed E-state index contributed by atoms with van der Waals surface area (Å²) in [7, 11) is 0. The van der Waals surface area contributed by atoms with Gasteiger partial charge >= 0.3 is 5.97 Å². The molecule has 0 aliphatic rings. The quantitative estimate of drug-likeness (QED) is 0.637. The first-order valence-electron chi connectivity index (χ1n) is 6.26. The number of para-hydroxylation sites is 1. The molecule has 2 rings (SSSR count). The minimum atomic E-state index is -0.421. The van der Waals surface area contributed by atoms with E-state index in [0.717, 1.165) is 5.69 Å². The summed E-state index contributed by atoms with van der Waals surface area (Å²) in [5, 5.41) is 3.14. The van der Waals surface area contributed by atoms with Gasteiger partial charge in [-0.05, 0) is 25.1 Å². The zero-order valence-corrected chi connectivity index (χ0v) is 11.2. The number of benzene rings is 1.